The van der Waals surface area contributed by atoms with Crippen LogP contribution in [0, 0.1) is 0 Å². The number of benzene rings is 1. The summed E-state index contributed by atoms with van der Waals surface area (Å²) >= 11 is 0. The Morgan fingerprint density at radius 1 is 1.29 bits per heavy atom. The fourth-order valence-corrected chi connectivity index (χ4v) is 1.32. The van der Waals surface area contributed by atoms with Gasteiger partial charge >= 0.3 is 0 Å². The Bertz CT molecular complexity index is 336. The van der Waals surface area contributed by atoms with Crippen LogP contribution in [0.3, 0.4) is 0 Å². The van der Waals surface area contributed by atoms with E-state index in [-0.39, 0.29) is 13.2 Å². The molecule has 0 bridgehead atoms. The molecule has 0 heterocycles. The number of aliphatic hydroxyl groups excluding tert-OH is 2. The second-order valence-electron chi connectivity index (χ2n) is 3.94. The van der Waals surface area contributed by atoms with E-state index >= 15 is 0 Å². The number of aliphatic hydroxyl groups is 2. The van der Waals surface area contributed by atoms with Crippen LogP contribution in [0.5, 0.6) is 11.5 Å². The quantitative estimate of drug-likeness (QED) is 0.762. The van der Waals surface area contributed by atoms with Gasteiger partial charge in [-0.25, -0.2) is 0 Å². The van der Waals surface area contributed by atoms with E-state index in [1.54, 1.807) is 25.1 Å². The summed E-state index contributed by atoms with van der Waals surface area (Å²) in [6.07, 6.45) is 0.396. The third-order valence-corrected chi connectivity index (χ3v) is 2.16. The maximum absolute atomic E-state index is 9.17. The van der Waals surface area contributed by atoms with Crippen molar-refractivity contribution in [3.63, 3.8) is 0 Å². The molecular formula is C13H20O4. The molecule has 0 aliphatic heterocycles. The summed E-state index contributed by atoms with van der Waals surface area (Å²) in [6, 6.07) is 5.31. The molecule has 4 nitrogen and oxygen atoms in total. The first-order chi connectivity index (χ1) is 8.17. The van der Waals surface area contributed by atoms with E-state index in [0.717, 1.165) is 6.42 Å². The van der Waals surface area contributed by atoms with E-state index in [1.807, 2.05) is 6.92 Å². The molecule has 0 aliphatic rings. The zero-order chi connectivity index (χ0) is 12.7. The van der Waals surface area contributed by atoms with Gasteiger partial charge in [-0.2, -0.15) is 0 Å². The second-order valence-corrected chi connectivity index (χ2v) is 3.94. The Hall–Kier alpha value is -1.26. The second kappa shape index (κ2) is 7.14. The number of rotatable bonds is 7. The van der Waals surface area contributed by atoms with E-state index in [4.69, 9.17) is 19.7 Å². The maximum atomic E-state index is 9.17. The topological polar surface area (TPSA) is 58.9 Å². The Morgan fingerprint density at radius 2 is 2.06 bits per heavy atom. The van der Waals surface area contributed by atoms with Crippen molar-refractivity contribution in [2.75, 3.05) is 13.2 Å². The molecule has 0 radical (unpaired) electrons. The number of hydrogen-bond donors (Lipinski definition) is 2. The summed E-state index contributed by atoms with van der Waals surface area (Å²) in [5.74, 6) is 1.27. The lowest BCUT2D eigenvalue weighted by atomic mass is 10.2. The van der Waals surface area contributed by atoms with Crippen molar-refractivity contribution >= 4 is 0 Å². The molecule has 0 amide bonds. The fraction of sp³-hybridized carbons (Fsp3) is 0.538. The van der Waals surface area contributed by atoms with E-state index in [2.05, 4.69) is 0 Å². The van der Waals surface area contributed by atoms with Gasteiger partial charge in [0.1, 0.15) is 18.1 Å². The molecule has 96 valence electrons. The maximum Gasteiger partial charge on any atom is 0.128 e. The Morgan fingerprint density at radius 3 is 2.65 bits per heavy atom. The van der Waals surface area contributed by atoms with Gasteiger partial charge < -0.3 is 19.7 Å². The van der Waals surface area contributed by atoms with E-state index in [0.29, 0.717) is 23.7 Å². The van der Waals surface area contributed by atoms with Crippen LogP contribution in [0.25, 0.3) is 0 Å². The molecule has 1 aromatic carbocycles. The van der Waals surface area contributed by atoms with Crippen molar-refractivity contribution in [2.45, 2.75) is 33.0 Å². The lowest BCUT2D eigenvalue weighted by molar-refractivity contribution is 0.120. The monoisotopic (exact) mass is 240 g/mol. The van der Waals surface area contributed by atoms with Crippen molar-refractivity contribution in [2.24, 2.45) is 0 Å². The summed E-state index contributed by atoms with van der Waals surface area (Å²) in [5.41, 5.74) is 0.689. The minimum atomic E-state index is -0.540. The van der Waals surface area contributed by atoms with Crippen LogP contribution < -0.4 is 9.47 Å². The summed E-state index contributed by atoms with van der Waals surface area (Å²) in [7, 11) is 0. The molecule has 0 saturated carbocycles. The summed E-state index contributed by atoms with van der Waals surface area (Å²) in [5, 5.41) is 18.3. The van der Waals surface area contributed by atoms with Crippen LogP contribution in [0.1, 0.15) is 25.8 Å². The highest BCUT2D eigenvalue weighted by Gasteiger charge is 2.06. The highest BCUT2D eigenvalue weighted by Crippen LogP contribution is 2.25. The van der Waals surface area contributed by atoms with Crippen LogP contribution >= 0.6 is 0 Å². The average Bonchev–Trinajstić information content (AvgIpc) is 2.33. The van der Waals surface area contributed by atoms with Gasteiger partial charge in [0, 0.05) is 11.6 Å². The van der Waals surface area contributed by atoms with Crippen LogP contribution in [-0.4, -0.2) is 29.5 Å². The minimum absolute atomic E-state index is 0.0940. The molecule has 0 saturated heterocycles. The van der Waals surface area contributed by atoms with E-state index in [1.165, 1.54) is 0 Å². The van der Waals surface area contributed by atoms with Gasteiger partial charge in [-0.3, -0.25) is 0 Å². The van der Waals surface area contributed by atoms with Crippen molar-refractivity contribution in [1.82, 2.24) is 0 Å². The van der Waals surface area contributed by atoms with E-state index < -0.39 is 6.10 Å². The van der Waals surface area contributed by atoms with Crippen molar-refractivity contribution < 1.29 is 19.7 Å². The normalized spacial score (nSPS) is 12.2. The zero-order valence-corrected chi connectivity index (χ0v) is 10.3. The predicted octanol–water partition coefficient (Wildman–Crippen LogP) is 1.73. The average molecular weight is 240 g/mol. The highest BCUT2D eigenvalue weighted by atomic mass is 16.5. The van der Waals surface area contributed by atoms with E-state index in [9.17, 15) is 0 Å². The molecule has 17 heavy (non-hydrogen) atoms. The Labute approximate surface area is 102 Å². The van der Waals surface area contributed by atoms with Crippen LogP contribution in [0.2, 0.25) is 0 Å². The number of hydrogen-bond acceptors (Lipinski definition) is 4. The number of ether oxygens (including phenoxy) is 2. The fourth-order valence-electron chi connectivity index (χ4n) is 1.32. The molecule has 4 heteroatoms. The summed E-state index contributed by atoms with van der Waals surface area (Å²) in [6.45, 7) is 4.44. The van der Waals surface area contributed by atoms with Gasteiger partial charge in [0.15, 0.2) is 0 Å². The molecule has 2 N–H and O–H groups in total. The van der Waals surface area contributed by atoms with Gasteiger partial charge in [0.2, 0.25) is 0 Å². The first kappa shape index (κ1) is 13.8. The van der Waals surface area contributed by atoms with Crippen LogP contribution in [-0.2, 0) is 6.61 Å². The van der Waals surface area contributed by atoms with Crippen molar-refractivity contribution in [3.8, 4) is 11.5 Å². The Kier molecular flexibility index (Phi) is 5.80. The van der Waals surface area contributed by atoms with Crippen LogP contribution in [0.15, 0.2) is 18.2 Å². The lowest BCUT2D eigenvalue weighted by Gasteiger charge is -2.13. The minimum Gasteiger partial charge on any atom is -0.493 e. The molecular weight excluding hydrogens is 220 g/mol. The van der Waals surface area contributed by atoms with Gasteiger partial charge in [-0.1, -0.05) is 6.92 Å². The smallest absolute Gasteiger partial charge is 0.128 e. The first-order valence-electron chi connectivity index (χ1n) is 5.84. The predicted molar refractivity (Wildman–Crippen MR) is 65.3 cm³/mol. The van der Waals surface area contributed by atoms with Gasteiger partial charge in [0.25, 0.3) is 0 Å². The first-order valence-corrected chi connectivity index (χ1v) is 5.84. The molecule has 0 fully saturated rings. The lowest BCUT2D eigenvalue weighted by Crippen LogP contribution is -2.13. The molecule has 0 aromatic heterocycles. The zero-order valence-electron chi connectivity index (χ0n) is 10.3. The molecule has 1 aromatic rings. The highest BCUT2D eigenvalue weighted by molar-refractivity contribution is 5.40. The van der Waals surface area contributed by atoms with Crippen LogP contribution in [0.4, 0.5) is 0 Å². The SMILES string of the molecule is CCCOc1ccc(CO)c(OCC(C)O)c1. The van der Waals surface area contributed by atoms with Gasteiger partial charge in [-0.15, -0.1) is 0 Å². The van der Waals surface area contributed by atoms with Crippen molar-refractivity contribution in [3.05, 3.63) is 23.8 Å². The third-order valence-electron chi connectivity index (χ3n) is 2.16. The molecule has 0 aliphatic carbocycles. The third kappa shape index (κ3) is 4.63. The Balaban J connectivity index is 2.75. The molecule has 1 rings (SSSR count). The van der Waals surface area contributed by atoms with Crippen molar-refractivity contribution in [1.29, 1.82) is 0 Å². The molecule has 1 unspecified atom stereocenters. The van der Waals surface area contributed by atoms with Gasteiger partial charge in [0.05, 0.1) is 19.3 Å². The molecule has 1 atom stereocenters. The summed E-state index contributed by atoms with van der Waals surface area (Å²) in [4.78, 5) is 0. The standard InChI is InChI=1S/C13H20O4/c1-3-6-16-12-5-4-11(8-14)13(7-12)17-9-10(2)15/h4-5,7,10,14-15H,3,6,8-9H2,1-2H3. The largest absolute Gasteiger partial charge is 0.493 e. The molecule has 0 spiro atoms. The summed E-state index contributed by atoms with van der Waals surface area (Å²) < 4.78 is 10.9. The van der Waals surface area contributed by atoms with Gasteiger partial charge in [-0.05, 0) is 25.5 Å².